The van der Waals surface area contributed by atoms with E-state index in [2.05, 4.69) is 4.98 Å². The number of aliphatic hydroxyl groups excluding tert-OH is 1. The van der Waals surface area contributed by atoms with Gasteiger partial charge in [0, 0.05) is 25.9 Å². The molecule has 2 saturated heterocycles. The topological polar surface area (TPSA) is 79.7 Å². The maximum atomic E-state index is 12.0. The zero-order chi connectivity index (χ0) is 16.0. The van der Waals surface area contributed by atoms with Crippen LogP contribution in [0.3, 0.4) is 0 Å². The van der Waals surface area contributed by atoms with E-state index in [0.717, 1.165) is 38.7 Å². The highest BCUT2D eigenvalue weighted by atomic mass is 35.5. The monoisotopic (exact) mass is 348 g/mol. The van der Waals surface area contributed by atoms with Crippen molar-refractivity contribution in [1.82, 2.24) is 9.29 Å². The summed E-state index contributed by atoms with van der Waals surface area (Å²) in [6.45, 7) is 1.94. The molecule has 124 valence electrons. The van der Waals surface area contributed by atoms with Gasteiger partial charge in [0.05, 0.1) is 0 Å². The predicted octanol–water partition coefficient (Wildman–Crippen LogP) is 2.02. The van der Waals surface area contributed by atoms with Gasteiger partial charge in [-0.15, -0.1) is 0 Å². The summed E-state index contributed by atoms with van der Waals surface area (Å²) in [6.07, 6.45) is 5.74. The number of aliphatic hydroxyl groups is 1. The molecule has 6 nitrogen and oxygen atoms in total. The van der Waals surface area contributed by atoms with Gasteiger partial charge in [0.15, 0.2) is 6.29 Å². The van der Waals surface area contributed by atoms with Gasteiger partial charge in [-0.25, -0.2) is 13.4 Å². The molecule has 8 heteroatoms. The summed E-state index contributed by atoms with van der Waals surface area (Å²) in [5.74, 6) is 0. The smallest absolute Gasteiger partial charge is 0.244 e. The van der Waals surface area contributed by atoms with Crippen molar-refractivity contribution in [2.24, 2.45) is 0 Å². The molecule has 1 atom stereocenters. The molecule has 0 amide bonds. The quantitative estimate of drug-likeness (QED) is 0.827. The first-order valence-electron chi connectivity index (χ1n) is 7.41. The maximum absolute atomic E-state index is 12.0. The van der Waals surface area contributed by atoms with E-state index in [-0.39, 0.29) is 4.90 Å². The fraction of sp³-hybridized carbons (Fsp3) is 0.643. The van der Waals surface area contributed by atoms with Crippen LogP contribution in [-0.4, -0.2) is 48.8 Å². The third-order valence-electron chi connectivity index (χ3n) is 3.56. The van der Waals surface area contributed by atoms with E-state index in [4.69, 9.17) is 21.4 Å². The first-order valence-corrected chi connectivity index (χ1v) is 9.23. The number of hydrogen-bond acceptors (Lipinski definition) is 5. The van der Waals surface area contributed by atoms with Crippen molar-refractivity contribution >= 4 is 21.6 Å². The molecule has 0 aromatic carbocycles. The highest BCUT2D eigenvalue weighted by Crippen LogP contribution is 2.20. The Hall–Kier alpha value is -0.730. The van der Waals surface area contributed by atoms with Crippen LogP contribution < -0.4 is 0 Å². The Bertz CT molecular complexity index is 553. The van der Waals surface area contributed by atoms with Crippen LogP contribution in [0.25, 0.3) is 0 Å². The number of ether oxygens (including phenoxy) is 1. The zero-order valence-electron chi connectivity index (χ0n) is 12.3. The Morgan fingerprint density at radius 1 is 1.23 bits per heavy atom. The van der Waals surface area contributed by atoms with Crippen LogP contribution >= 0.6 is 11.6 Å². The van der Waals surface area contributed by atoms with Gasteiger partial charge in [0.25, 0.3) is 0 Å². The highest BCUT2D eigenvalue weighted by molar-refractivity contribution is 7.89. The van der Waals surface area contributed by atoms with Crippen LogP contribution in [0.4, 0.5) is 0 Å². The molecule has 3 rings (SSSR count). The Labute approximate surface area is 136 Å². The normalized spacial score (nSPS) is 22.9. The number of pyridine rings is 1. The molecule has 1 unspecified atom stereocenters. The highest BCUT2D eigenvalue weighted by Gasteiger charge is 2.27. The number of sulfonamides is 1. The Balaban J connectivity index is 0.000000211. The molecular weight excluding hydrogens is 328 g/mol. The summed E-state index contributed by atoms with van der Waals surface area (Å²) in [7, 11) is -3.34. The molecule has 0 radical (unpaired) electrons. The van der Waals surface area contributed by atoms with Crippen molar-refractivity contribution in [3.8, 4) is 0 Å². The molecule has 2 fully saturated rings. The fourth-order valence-corrected chi connectivity index (χ4v) is 3.89. The molecule has 2 aliphatic heterocycles. The van der Waals surface area contributed by atoms with Crippen molar-refractivity contribution in [3.05, 3.63) is 23.5 Å². The molecule has 1 N–H and O–H groups in total. The average molecular weight is 349 g/mol. The molecule has 0 bridgehead atoms. The summed E-state index contributed by atoms with van der Waals surface area (Å²) in [4.78, 5) is 3.99. The Kier molecular flexibility index (Phi) is 6.58. The largest absolute Gasteiger partial charge is 0.368 e. The second-order valence-corrected chi connectivity index (χ2v) is 7.57. The molecule has 0 saturated carbocycles. The summed E-state index contributed by atoms with van der Waals surface area (Å²) >= 11 is 5.60. The molecule has 0 spiro atoms. The van der Waals surface area contributed by atoms with Gasteiger partial charge in [-0.3, -0.25) is 0 Å². The molecular formula is C14H21ClN2O4S. The second-order valence-electron chi connectivity index (χ2n) is 5.25. The van der Waals surface area contributed by atoms with E-state index in [1.165, 1.54) is 22.6 Å². The van der Waals surface area contributed by atoms with E-state index in [1.54, 1.807) is 0 Å². The van der Waals surface area contributed by atoms with Crippen molar-refractivity contribution in [3.63, 3.8) is 0 Å². The van der Waals surface area contributed by atoms with E-state index in [1.807, 2.05) is 0 Å². The lowest BCUT2D eigenvalue weighted by Gasteiger charge is -2.16. The molecule has 1 aromatic rings. The van der Waals surface area contributed by atoms with Crippen molar-refractivity contribution < 1.29 is 18.3 Å². The summed E-state index contributed by atoms with van der Waals surface area (Å²) in [6, 6.07) is 2.98. The van der Waals surface area contributed by atoms with Gasteiger partial charge in [0.2, 0.25) is 10.0 Å². The molecule has 22 heavy (non-hydrogen) atoms. The first kappa shape index (κ1) is 17.6. The molecule has 3 heterocycles. The zero-order valence-corrected chi connectivity index (χ0v) is 13.9. The standard InChI is InChI=1S/C9H11ClN2O2S.C5H10O2/c10-9-4-3-8(7-11-9)15(13,14)12-5-1-2-6-12;6-5-3-1-2-4-7-5/h3-4,7H,1-2,5-6H2;5-6H,1-4H2. The minimum absolute atomic E-state index is 0.216. The van der Waals surface area contributed by atoms with Crippen LogP contribution in [0, 0.1) is 0 Å². The number of hydrogen-bond donors (Lipinski definition) is 1. The lowest BCUT2D eigenvalue weighted by Crippen LogP contribution is -2.27. The number of nitrogens with zero attached hydrogens (tertiary/aromatic N) is 2. The minimum Gasteiger partial charge on any atom is -0.368 e. The Morgan fingerprint density at radius 3 is 2.41 bits per heavy atom. The van der Waals surface area contributed by atoms with Crippen molar-refractivity contribution in [2.45, 2.75) is 43.3 Å². The average Bonchev–Trinajstić information content (AvgIpc) is 3.04. The van der Waals surface area contributed by atoms with Crippen LogP contribution in [0.5, 0.6) is 0 Å². The Morgan fingerprint density at radius 2 is 1.95 bits per heavy atom. The summed E-state index contributed by atoms with van der Waals surface area (Å²) in [5, 5.41) is 8.99. The minimum atomic E-state index is -3.34. The molecule has 1 aromatic heterocycles. The van der Waals surface area contributed by atoms with Gasteiger partial charge >= 0.3 is 0 Å². The second kappa shape index (κ2) is 8.21. The predicted molar refractivity (Wildman–Crippen MR) is 83.0 cm³/mol. The number of halogens is 1. The fourth-order valence-electron chi connectivity index (χ4n) is 2.32. The lowest BCUT2D eigenvalue weighted by molar-refractivity contribution is -0.123. The van der Waals surface area contributed by atoms with Crippen molar-refractivity contribution in [2.75, 3.05) is 19.7 Å². The van der Waals surface area contributed by atoms with E-state index < -0.39 is 16.3 Å². The van der Waals surface area contributed by atoms with Crippen LogP contribution in [0.1, 0.15) is 32.1 Å². The van der Waals surface area contributed by atoms with Crippen LogP contribution in [0.2, 0.25) is 5.15 Å². The first-order chi connectivity index (χ1) is 10.5. The van der Waals surface area contributed by atoms with E-state index in [9.17, 15) is 8.42 Å². The van der Waals surface area contributed by atoms with Crippen LogP contribution in [0.15, 0.2) is 23.2 Å². The molecule has 2 aliphatic rings. The van der Waals surface area contributed by atoms with Gasteiger partial charge in [-0.1, -0.05) is 11.6 Å². The van der Waals surface area contributed by atoms with E-state index in [0.29, 0.717) is 18.2 Å². The van der Waals surface area contributed by atoms with Crippen molar-refractivity contribution in [1.29, 1.82) is 0 Å². The van der Waals surface area contributed by atoms with Gasteiger partial charge in [-0.2, -0.15) is 4.31 Å². The third kappa shape index (κ3) is 4.89. The van der Waals surface area contributed by atoms with Gasteiger partial charge < -0.3 is 9.84 Å². The van der Waals surface area contributed by atoms with Crippen LogP contribution in [-0.2, 0) is 14.8 Å². The lowest BCUT2D eigenvalue weighted by atomic mass is 10.2. The SMILES string of the molecule is O=S(=O)(c1ccc(Cl)nc1)N1CCCC1.OC1CCCCO1. The summed E-state index contributed by atoms with van der Waals surface area (Å²) < 4.78 is 30.3. The van der Waals surface area contributed by atoms with Gasteiger partial charge in [0.1, 0.15) is 10.0 Å². The summed E-state index contributed by atoms with van der Waals surface area (Å²) in [5.41, 5.74) is 0. The van der Waals surface area contributed by atoms with E-state index >= 15 is 0 Å². The number of aromatic nitrogens is 1. The van der Waals surface area contributed by atoms with Gasteiger partial charge in [-0.05, 0) is 44.2 Å². The molecule has 0 aliphatic carbocycles. The maximum Gasteiger partial charge on any atom is 0.244 e. The number of rotatable bonds is 2. The third-order valence-corrected chi connectivity index (χ3v) is 5.66.